The molecule has 0 saturated carbocycles. The maximum Gasteiger partial charge on any atom is 0.253 e. The molecule has 2 unspecified atom stereocenters. The molecule has 3 heterocycles. The van der Waals surface area contributed by atoms with Gasteiger partial charge in [0, 0.05) is 43.5 Å². The van der Waals surface area contributed by atoms with Crippen LogP contribution >= 0.6 is 11.6 Å². The molecule has 4 rings (SSSR count). The molecule has 2 bridgehead atoms. The van der Waals surface area contributed by atoms with Gasteiger partial charge in [0.1, 0.15) is 11.6 Å². The highest BCUT2D eigenvalue weighted by Crippen LogP contribution is 2.59. The van der Waals surface area contributed by atoms with Gasteiger partial charge in [-0.1, -0.05) is 30.7 Å². The Balaban J connectivity index is 1.74. The van der Waals surface area contributed by atoms with E-state index in [0.29, 0.717) is 43.1 Å². The van der Waals surface area contributed by atoms with Crippen molar-refractivity contribution in [3.05, 3.63) is 54.6 Å². The van der Waals surface area contributed by atoms with Crippen LogP contribution in [0.1, 0.15) is 32.6 Å². The van der Waals surface area contributed by atoms with Crippen molar-refractivity contribution in [1.29, 1.82) is 0 Å². The maximum absolute atomic E-state index is 14.3. The zero-order valence-electron chi connectivity index (χ0n) is 21.4. The third-order valence-corrected chi connectivity index (χ3v) is 8.00. The van der Waals surface area contributed by atoms with Crippen LogP contribution < -0.4 is 4.90 Å². The molecule has 0 aliphatic carbocycles. The standard InChI is InChI=1S/C28H36ClN3O5/c1-4-14-30(15-5-2)25(34)22-21-12-13-28(37-21)23(22)26(35)32(17-7-18-33)24(28)27(36)31(16-6-3)20-10-8-19(29)9-11-20/h4,6,8-11,21-24,33H,1,3,5,7,12-18H2,2H3/t21-,22+,23+,24?,28?/m1/s1. The third-order valence-electron chi connectivity index (χ3n) is 7.75. The van der Waals surface area contributed by atoms with E-state index in [1.807, 2.05) is 6.92 Å². The van der Waals surface area contributed by atoms with Crippen molar-refractivity contribution in [3.8, 4) is 0 Å². The Kier molecular flexibility index (Phi) is 8.41. The first-order chi connectivity index (χ1) is 17.8. The van der Waals surface area contributed by atoms with E-state index in [1.54, 1.807) is 46.2 Å². The highest BCUT2D eigenvalue weighted by atomic mass is 35.5. The summed E-state index contributed by atoms with van der Waals surface area (Å²) in [6.45, 7) is 10.9. The molecule has 0 radical (unpaired) electrons. The van der Waals surface area contributed by atoms with Crippen LogP contribution in [0.25, 0.3) is 0 Å². The van der Waals surface area contributed by atoms with Gasteiger partial charge in [0.15, 0.2) is 0 Å². The van der Waals surface area contributed by atoms with Crippen LogP contribution in [0, 0.1) is 11.8 Å². The van der Waals surface area contributed by atoms with Crippen LogP contribution in [0.15, 0.2) is 49.6 Å². The van der Waals surface area contributed by atoms with E-state index in [2.05, 4.69) is 13.2 Å². The molecule has 1 spiro atoms. The molecule has 3 aliphatic rings. The first-order valence-corrected chi connectivity index (χ1v) is 13.4. The summed E-state index contributed by atoms with van der Waals surface area (Å²) in [4.78, 5) is 46.9. The molecule has 3 amide bonds. The smallest absolute Gasteiger partial charge is 0.253 e. The van der Waals surface area contributed by atoms with E-state index < -0.39 is 29.6 Å². The lowest BCUT2D eigenvalue weighted by Gasteiger charge is -2.37. The molecular formula is C28H36ClN3O5. The van der Waals surface area contributed by atoms with Crippen LogP contribution in [0.4, 0.5) is 5.69 Å². The monoisotopic (exact) mass is 529 g/mol. The minimum absolute atomic E-state index is 0.120. The summed E-state index contributed by atoms with van der Waals surface area (Å²) >= 11 is 6.08. The number of benzene rings is 1. The number of halogens is 1. The summed E-state index contributed by atoms with van der Waals surface area (Å²) in [5, 5.41) is 10.1. The number of ether oxygens (including phenoxy) is 1. The lowest BCUT2D eigenvalue weighted by Crippen LogP contribution is -2.56. The third kappa shape index (κ3) is 4.71. The minimum atomic E-state index is -1.09. The first kappa shape index (κ1) is 27.4. The summed E-state index contributed by atoms with van der Waals surface area (Å²) in [7, 11) is 0. The van der Waals surface area contributed by atoms with Crippen molar-refractivity contribution < 1.29 is 24.2 Å². The molecule has 3 fully saturated rings. The number of fused-ring (bicyclic) bond motifs is 1. The highest BCUT2D eigenvalue weighted by Gasteiger charge is 2.74. The van der Waals surface area contributed by atoms with Crippen molar-refractivity contribution >= 4 is 35.0 Å². The number of amides is 3. The Hall–Kier alpha value is -2.68. The molecule has 3 saturated heterocycles. The van der Waals surface area contributed by atoms with Crippen molar-refractivity contribution in [2.24, 2.45) is 11.8 Å². The molecule has 1 N–H and O–H groups in total. The molecular weight excluding hydrogens is 494 g/mol. The van der Waals surface area contributed by atoms with E-state index in [4.69, 9.17) is 16.3 Å². The Bertz CT molecular complexity index is 1050. The second-order valence-electron chi connectivity index (χ2n) is 9.95. The summed E-state index contributed by atoms with van der Waals surface area (Å²) in [6, 6.07) is 6.02. The molecule has 9 heteroatoms. The number of hydrogen-bond acceptors (Lipinski definition) is 5. The zero-order valence-corrected chi connectivity index (χ0v) is 22.1. The van der Waals surface area contributed by atoms with Gasteiger partial charge >= 0.3 is 0 Å². The summed E-state index contributed by atoms with van der Waals surface area (Å²) < 4.78 is 6.53. The van der Waals surface area contributed by atoms with E-state index in [1.165, 1.54) is 4.90 Å². The van der Waals surface area contributed by atoms with Crippen LogP contribution in [0.3, 0.4) is 0 Å². The molecule has 37 heavy (non-hydrogen) atoms. The lowest BCUT2D eigenvalue weighted by atomic mass is 9.70. The van der Waals surface area contributed by atoms with Crippen molar-refractivity contribution in [1.82, 2.24) is 9.80 Å². The second kappa shape index (κ2) is 11.4. The number of anilines is 1. The number of hydrogen-bond donors (Lipinski definition) is 1. The highest BCUT2D eigenvalue weighted by molar-refractivity contribution is 6.30. The van der Waals surface area contributed by atoms with Crippen molar-refractivity contribution in [2.75, 3.05) is 37.7 Å². The molecule has 3 aliphatic heterocycles. The Morgan fingerprint density at radius 1 is 1.22 bits per heavy atom. The predicted octanol–water partition coefficient (Wildman–Crippen LogP) is 3.04. The fraction of sp³-hybridized carbons (Fsp3) is 0.536. The lowest BCUT2D eigenvalue weighted by molar-refractivity contribution is -0.145. The van der Waals surface area contributed by atoms with Crippen LogP contribution in [-0.2, 0) is 19.1 Å². The van der Waals surface area contributed by atoms with E-state index in [9.17, 15) is 19.5 Å². The average molecular weight is 530 g/mol. The normalized spacial score (nSPS) is 27.8. The number of carbonyl (C=O) groups excluding carboxylic acids is 3. The molecule has 1 aromatic rings. The van der Waals surface area contributed by atoms with Gasteiger partial charge in [0.05, 0.1) is 17.9 Å². The van der Waals surface area contributed by atoms with Crippen LogP contribution in [0.5, 0.6) is 0 Å². The maximum atomic E-state index is 14.3. The number of nitrogens with zero attached hydrogens (tertiary/aromatic N) is 3. The van der Waals surface area contributed by atoms with Gasteiger partial charge < -0.3 is 24.5 Å². The van der Waals surface area contributed by atoms with Gasteiger partial charge in [-0.3, -0.25) is 14.4 Å². The van der Waals surface area contributed by atoms with Gasteiger partial charge in [-0.15, -0.1) is 13.2 Å². The van der Waals surface area contributed by atoms with Gasteiger partial charge in [-0.25, -0.2) is 0 Å². The molecule has 1 aromatic carbocycles. The molecule has 8 nitrogen and oxygen atoms in total. The molecule has 0 aromatic heterocycles. The Morgan fingerprint density at radius 2 is 1.92 bits per heavy atom. The van der Waals surface area contributed by atoms with Crippen molar-refractivity contribution in [3.63, 3.8) is 0 Å². The Morgan fingerprint density at radius 3 is 2.54 bits per heavy atom. The number of rotatable bonds is 12. The quantitative estimate of drug-likeness (QED) is 0.420. The van der Waals surface area contributed by atoms with Crippen LogP contribution in [-0.4, -0.2) is 83.2 Å². The van der Waals surface area contributed by atoms with Crippen LogP contribution in [0.2, 0.25) is 5.02 Å². The average Bonchev–Trinajstić information content (AvgIpc) is 3.53. The second-order valence-corrected chi connectivity index (χ2v) is 10.4. The first-order valence-electron chi connectivity index (χ1n) is 13.0. The summed E-state index contributed by atoms with van der Waals surface area (Å²) in [5.41, 5.74) is -0.462. The number of carbonyl (C=O) groups is 3. The Labute approximate surface area is 223 Å². The van der Waals surface area contributed by atoms with E-state index in [-0.39, 0.29) is 37.4 Å². The largest absolute Gasteiger partial charge is 0.396 e. The minimum Gasteiger partial charge on any atom is -0.396 e. The topological polar surface area (TPSA) is 90.4 Å². The van der Waals surface area contributed by atoms with E-state index >= 15 is 0 Å². The predicted molar refractivity (Wildman–Crippen MR) is 142 cm³/mol. The van der Waals surface area contributed by atoms with Gasteiger partial charge in [0.2, 0.25) is 11.8 Å². The summed E-state index contributed by atoms with van der Waals surface area (Å²) in [5.74, 6) is -2.06. The molecule has 5 atom stereocenters. The summed E-state index contributed by atoms with van der Waals surface area (Å²) in [6.07, 6.45) is 5.13. The van der Waals surface area contributed by atoms with E-state index in [0.717, 1.165) is 6.42 Å². The number of likely N-dealkylation sites (tertiary alicyclic amines) is 1. The zero-order chi connectivity index (χ0) is 26.7. The van der Waals surface area contributed by atoms with Gasteiger partial charge in [-0.05, 0) is 49.9 Å². The van der Waals surface area contributed by atoms with Gasteiger partial charge in [0.25, 0.3) is 5.91 Å². The van der Waals surface area contributed by atoms with Gasteiger partial charge in [-0.2, -0.15) is 0 Å². The number of aliphatic hydroxyl groups excluding tert-OH is 1. The fourth-order valence-corrected chi connectivity index (χ4v) is 6.47. The number of aliphatic hydroxyl groups is 1. The molecule has 200 valence electrons. The van der Waals surface area contributed by atoms with Crippen molar-refractivity contribution in [2.45, 2.75) is 50.4 Å². The fourth-order valence-electron chi connectivity index (χ4n) is 6.34. The SMILES string of the molecule is C=CCN(CCC)C(=O)[C@@H]1[C@H]2C(=O)N(CCCO)C(C(=O)N(CC=C)c3ccc(Cl)cc3)C23CC[C@H]1O3.